The molecule has 0 spiro atoms. The van der Waals surface area contributed by atoms with E-state index in [2.05, 4.69) is 4.99 Å². The summed E-state index contributed by atoms with van der Waals surface area (Å²) in [6.07, 6.45) is -4.80. The molecule has 0 fully saturated rings. The second-order valence-corrected chi connectivity index (χ2v) is 1.28. The zero-order valence-electron chi connectivity index (χ0n) is 4.70. The summed E-state index contributed by atoms with van der Waals surface area (Å²) in [5, 5.41) is 9.77. The summed E-state index contributed by atoms with van der Waals surface area (Å²) in [7, 11) is 0. The summed E-state index contributed by atoms with van der Waals surface area (Å²) >= 11 is 0. The van der Waals surface area contributed by atoms with Gasteiger partial charge in [0.15, 0.2) is 0 Å². The van der Waals surface area contributed by atoms with Gasteiger partial charge in [0.2, 0.25) is 0 Å². The first-order valence-corrected chi connectivity index (χ1v) is 2.27. The van der Waals surface area contributed by atoms with Crippen LogP contribution in [0, 0.1) is 0 Å². The second kappa shape index (κ2) is 2.70. The summed E-state index contributed by atoms with van der Waals surface area (Å²) in [5.74, 6) is -2.01. The highest BCUT2D eigenvalue weighted by Gasteiger charge is 2.27. The number of nitrogens with zero attached hydrogens (tertiary/aromatic N) is 1. The SMILES string of the molecule is CCN=C([O-])C(F)(F)F. The predicted molar refractivity (Wildman–Crippen MR) is 24.0 cm³/mol. The Bertz CT molecular complexity index is 117. The molecule has 54 valence electrons. The first kappa shape index (κ1) is 8.26. The highest BCUT2D eigenvalue weighted by Crippen LogP contribution is 2.13. The first-order chi connectivity index (χ1) is 3.98. The van der Waals surface area contributed by atoms with E-state index in [-0.39, 0.29) is 6.54 Å². The fraction of sp³-hybridized carbons (Fsp3) is 0.750. The van der Waals surface area contributed by atoms with E-state index >= 15 is 0 Å². The molecule has 0 aromatic rings. The molecule has 0 heterocycles. The van der Waals surface area contributed by atoms with Crippen molar-refractivity contribution in [2.75, 3.05) is 6.54 Å². The van der Waals surface area contributed by atoms with Gasteiger partial charge in [-0.3, -0.25) is 4.99 Å². The molecule has 0 atom stereocenters. The van der Waals surface area contributed by atoms with Crippen LogP contribution < -0.4 is 5.11 Å². The number of rotatable bonds is 1. The molecule has 0 bridgehead atoms. The van der Waals surface area contributed by atoms with Gasteiger partial charge in [-0.2, -0.15) is 13.2 Å². The fourth-order valence-corrected chi connectivity index (χ4v) is 0.233. The van der Waals surface area contributed by atoms with Gasteiger partial charge in [0.05, 0.1) is 5.90 Å². The number of hydrogen-bond donors (Lipinski definition) is 0. The van der Waals surface area contributed by atoms with Crippen molar-refractivity contribution in [1.82, 2.24) is 0 Å². The molecule has 0 saturated carbocycles. The Morgan fingerprint density at radius 2 is 2.00 bits per heavy atom. The minimum absolute atomic E-state index is 0.127. The van der Waals surface area contributed by atoms with Crippen molar-refractivity contribution in [3.8, 4) is 0 Å². The minimum Gasteiger partial charge on any atom is -0.856 e. The van der Waals surface area contributed by atoms with Crippen molar-refractivity contribution in [2.45, 2.75) is 13.1 Å². The van der Waals surface area contributed by atoms with E-state index in [4.69, 9.17) is 0 Å². The summed E-state index contributed by atoms with van der Waals surface area (Å²) in [6.45, 7) is 1.24. The van der Waals surface area contributed by atoms with E-state index in [1.807, 2.05) is 0 Å². The fourth-order valence-electron chi connectivity index (χ4n) is 0.233. The van der Waals surface area contributed by atoms with Crippen LogP contribution >= 0.6 is 0 Å². The van der Waals surface area contributed by atoms with Crippen molar-refractivity contribution >= 4 is 5.90 Å². The van der Waals surface area contributed by atoms with Gasteiger partial charge >= 0.3 is 6.18 Å². The van der Waals surface area contributed by atoms with E-state index in [1.54, 1.807) is 0 Å². The molecule has 9 heavy (non-hydrogen) atoms. The van der Waals surface area contributed by atoms with Crippen LogP contribution in [0.25, 0.3) is 0 Å². The van der Waals surface area contributed by atoms with Crippen LogP contribution in [-0.4, -0.2) is 18.6 Å². The maximum atomic E-state index is 11.2. The molecule has 0 aliphatic heterocycles. The van der Waals surface area contributed by atoms with Gasteiger partial charge in [-0.15, -0.1) is 0 Å². The van der Waals surface area contributed by atoms with Gasteiger partial charge in [0.1, 0.15) is 0 Å². The van der Waals surface area contributed by atoms with Gasteiger partial charge in [-0.05, 0) is 6.92 Å². The first-order valence-electron chi connectivity index (χ1n) is 2.27. The molecule has 0 aromatic heterocycles. The quantitative estimate of drug-likeness (QED) is 0.381. The Labute approximate surface area is 50.0 Å². The average Bonchev–Trinajstić information content (AvgIpc) is 1.64. The minimum atomic E-state index is -4.80. The number of hydrogen-bond acceptors (Lipinski definition) is 2. The van der Waals surface area contributed by atoms with E-state index < -0.39 is 12.1 Å². The van der Waals surface area contributed by atoms with E-state index in [0.29, 0.717) is 0 Å². The lowest BCUT2D eigenvalue weighted by molar-refractivity contribution is -0.262. The second-order valence-electron chi connectivity index (χ2n) is 1.28. The largest absolute Gasteiger partial charge is 0.856 e. The third-order valence-electron chi connectivity index (χ3n) is 0.544. The Kier molecular flexibility index (Phi) is 2.48. The van der Waals surface area contributed by atoms with Gasteiger partial charge < -0.3 is 5.11 Å². The molecule has 0 aliphatic carbocycles. The smallest absolute Gasteiger partial charge is 0.419 e. The monoisotopic (exact) mass is 140 g/mol. The molecule has 0 aromatic carbocycles. The van der Waals surface area contributed by atoms with Crippen LogP contribution in [0.5, 0.6) is 0 Å². The van der Waals surface area contributed by atoms with Crippen LogP contribution in [0.4, 0.5) is 13.2 Å². The van der Waals surface area contributed by atoms with Crippen molar-refractivity contribution in [1.29, 1.82) is 0 Å². The standard InChI is InChI=1S/C4H6F3NO/c1-2-8-3(9)4(5,6)7/h2H2,1H3,(H,8,9)/p-1. The van der Waals surface area contributed by atoms with E-state index in [9.17, 15) is 18.3 Å². The molecular weight excluding hydrogens is 135 g/mol. The van der Waals surface area contributed by atoms with Gasteiger partial charge in [0.25, 0.3) is 0 Å². The zero-order chi connectivity index (χ0) is 7.49. The normalized spacial score (nSPS) is 14.0. The topological polar surface area (TPSA) is 35.4 Å². The van der Waals surface area contributed by atoms with Gasteiger partial charge in [0, 0.05) is 6.54 Å². The lowest BCUT2D eigenvalue weighted by atomic mass is 10.6. The van der Waals surface area contributed by atoms with Crippen molar-refractivity contribution in [3.63, 3.8) is 0 Å². The molecule has 5 heteroatoms. The molecule has 0 unspecified atom stereocenters. The highest BCUT2D eigenvalue weighted by atomic mass is 19.4. The maximum absolute atomic E-state index is 11.2. The Hall–Kier alpha value is -0.740. The lowest BCUT2D eigenvalue weighted by Gasteiger charge is -2.12. The van der Waals surface area contributed by atoms with Crippen molar-refractivity contribution in [3.05, 3.63) is 0 Å². The Morgan fingerprint density at radius 3 is 2.11 bits per heavy atom. The molecule has 0 N–H and O–H groups in total. The third kappa shape index (κ3) is 2.94. The molecule has 0 rings (SSSR count). The third-order valence-corrected chi connectivity index (χ3v) is 0.544. The van der Waals surface area contributed by atoms with E-state index in [1.165, 1.54) is 6.92 Å². The van der Waals surface area contributed by atoms with Crippen molar-refractivity contribution < 1.29 is 18.3 Å². The van der Waals surface area contributed by atoms with Crippen LogP contribution in [-0.2, 0) is 0 Å². The molecular formula is C4H5F3NO-. The molecule has 0 radical (unpaired) electrons. The summed E-state index contributed by atoms with van der Waals surface area (Å²) < 4.78 is 33.6. The maximum Gasteiger partial charge on any atom is 0.419 e. The molecule has 0 amide bonds. The number of aliphatic imine (C=N–C) groups is 1. The van der Waals surface area contributed by atoms with Gasteiger partial charge in [-0.1, -0.05) is 0 Å². The highest BCUT2D eigenvalue weighted by molar-refractivity contribution is 5.77. The lowest BCUT2D eigenvalue weighted by Crippen LogP contribution is -2.34. The average molecular weight is 140 g/mol. The van der Waals surface area contributed by atoms with Gasteiger partial charge in [-0.25, -0.2) is 0 Å². The van der Waals surface area contributed by atoms with Crippen LogP contribution in [0.15, 0.2) is 4.99 Å². The van der Waals surface area contributed by atoms with Crippen molar-refractivity contribution in [2.24, 2.45) is 4.99 Å². The number of halogens is 3. The molecule has 0 saturated heterocycles. The summed E-state index contributed by atoms with van der Waals surface area (Å²) in [5.41, 5.74) is 0. The molecule has 0 aliphatic rings. The van der Waals surface area contributed by atoms with Crippen LogP contribution in [0.1, 0.15) is 6.92 Å². The Morgan fingerprint density at radius 1 is 1.56 bits per heavy atom. The Balaban J connectivity index is 4.03. The van der Waals surface area contributed by atoms with Crippen LogP contribution in [0.2, 0.25) is 0 Å². The predicted octanol–water partition coefficient (Wildman–Crippen LogP) is 0.327. The summed E-state index contributed by atoms with van der Waals surface area (Å²) in [4.78, 5) is 2.63. The van der Waals surface area contributed by atoms with E-state index in [0.717, 1.165) is 0 Å². The molecule has 2 nitrogen and oxygen atoms in total. The van der Waals surface area contributed by atoms with Crippen LogP contribution in [0.3, 0.4) is 0 Å². The number of alkyl halides is 3. The summed E-state index contributed by atoms with van der Waals surface area (Å²) in [6, 6.07) is 0. The zero-order valence-corrected chi connectivity index (χ0v) is 4.70.